The quantitative estimate of drug-likeness (QED) is 0.708. The van der Waals surface area contributed by atoms with E-state index in [9.17, 15) is 8.42 Å². The Balaban J connectivity index is 1.78. The van der Waals surface area contributed by atoms with Gasteiger partial charge in [-0.3, -0.25) is 0 Å². The van der Waals surface area contributed by atoms with E-state index in [1.165, 1.54) is 11.3 Å². The van der Waals surface area contributed by atoms with Crippen molar-refractivity contribution in [1.29, 1.82) is 5.26 Å². The maximum absolute atomic E-state index is 12.4. The summed E-state index contributed by atoms with van der Waals surface area (Å²) in [6.07, 6.45) is 1.55. The number of hydrogen-bond acceptors (Lipinski definition) is 6. The van der Waals surface area contributed by atoms with Gasteiger partial charge in [0, 0.05) is 5.38 Å². The van der Waals surface area contributed by atoms with Crippen LogP contribution in [0.5, 0.6) is 0 Å². The van der Waals surface area contributed by atoms with Crippen LogP contribution in [-0.4, -0.2) is 13.4 Å². The topological polar surface area (TPSA) is 84.0 Å². The molecule has 23 heavy (non-hydrogen) atoms. The number of benzene rings is 1. The van der Waals surface area contributed by atoms with Gasteiger partial charge in [0.1, 0.15) is 0 Å². The molecule has 0 spiro atoms. The lowest BCUT2D eigenvalue weighted by molar-refractivity contribution is 0.581. The molecule has 116 valence electrons. The van der Waals surface area contributed by atoms with Gasteiger partial charge in [-0.15, -0.1) is 11.3 Å². The first kappa shape index (κ1) is 15.5. The highest BCUT2D eigenvalue weighted by Gasteiger charge is 2.18. The van der Waals surface area contributed by atoms with Crippen molar-refractivity contribution >= 4 is 21.2 Å². The second-order valence-corrected chi connectivity index (χ2v) is 7.85. The van der Waals surface area contributed by atoms with Crippen molar-refractivity contribution in [2.45, 2.75) is 11.5 Å². The zero-order valence-corrected chi connectivity index (χ0v) is 13.6. The summed E-state index contributed by atoms with van der Waals surface area (Å²) >= 11 is 1.34. The van der Waals surface area contributed by atoms with Crippen molar-refractivity contribution in [2.75, 3.05) is 0 Å². The van der Waals surface area contributed by atoms with Crippen molar-refractivity contribution in [3.8, 4) is 16.8 Å². The Bertz CT molecular complexity index is 951. The molecule has 0 bridgehead atoms. The van der Waals surface area contributed by atoms with Crippen LogP contribution in [0.25, 0.3) is 10.8 Å². The minimum absolute atomic E-state index is 0.163. The fourth-order valence-electron chi connectivity index (χ4n) is 2.16. The van der Waals surface area contributed by atoms with E-state index >= 15 is 0 Å². The Morgan fingerprint density at radius 3 is 2.74 bits per heavy atom. The van der Waals surface area contributed by atoms with E-state index in [1.54, 1.807) is 48.0 Å². The second-order valence-electron chi connectivity index (χ2n) is 4.92. The van der Waals surface area contributed by atoms with Gasteiger partial charge in [-0.1, -0.05) is 18.2 Å². The number of aromatic nitrogens is 1. The summed E-state index contributed by atoms with van der Waals surface area (Å²) in [7, 11) is -3.41. The van der Waals surface area contributed by atoms with Crippen molar-refractivity contribution in [3.05, 3.63) is 64.9 Å². The van der Waals surface area contributed by atoms with Gasteiger partial charge in [0.25, 0.3) is 0 Å². The molecule has 0 aliphatic rings. The van der Waals surface area contributed by atoms with E-state index in [1.807, 2.05) is 6.07 Å². The summed E-state index contributed by atoms with van der Waals surface area (Å²) in [4.78, 5) is 4.30. The van der Waals surface area contributed by atoms with E-state index in [-0.39, 0.29) is 11.5 Å². The van der Waals surface area contributed by atoms with E-state index in [0.29, 0.717) is 27.6 Å². The number of sulfone groups is 1. The predicted octanol–water partition coefficient (Wildman–Crippen LogP) is 3.39. The molecule has 2 heterocycles. The highest BCUT2D eigenvalue weighted by atomic mass is 32.2. The fourth-order valence-corrected chi connectivity index (χ4v) is 4.47. The maximum atomic E-state index is 12.4. The number of furan rings is 1. The van der Waals surface area contributed by atoms with Crippen molar-refractivity contribution in [2.24, 2.45) is 0 Å². The van der Waals surface area contributed by atoms with Crippen LogP contribution in [0.3, 0.4) is 0 Å². The maximum Gasteiger partial charge on any atom is 0.162 e. The molecule has 0 aliphatic heterocycles. The SMILES string of the molecule is N#Cc1ccccc1CS(=O)(=O)Cc1csc(-c2ccco2)n1. The molecule has 5 nitrogen and oxygen atoms in total. The highest BCUT2D eigenvalue weighted by molar-refractivity contribution is 7.89. The third-order valence-corrected chi connectivity index (χ3v) is 5.56. The third kappa shape index (κ3) is 3.67. The molecule has 3 aromatic rings. The van der Waals surface area contributed by atoms with Gasteiger partial charge in [-0.2, -0.15) is 5.26 Å². The Hall–Kier alpha value is -2.43. The molecule has 0 unspecified atom stereocenters. The van der Waals surface area contributed by atoms with Crippen LogP contribution < -0.4 is 0 Å². The van der Waals surface area contributed by atoms with E-state index < -0.39 is 9.84 Å². The van der Waals surface area contributed by atoms with Gasteiger partial charge in [-0.05, 0) is 23.8 Å². The molecule has 0 radical (unpaired) electrons. The van der Waals surface area contributed by atoms with Gasteiger partial charge in [0.2, 0.25) is 0 Å². The minimum atomic E-state index is -3.41. The second kappa shape index (κ2) is 6.36. The van der Waals surface area contributed by atoms with Gasteiger partial charge < -0.3 is 4.42 Å². The van der Waals surface area contributed by atoms with Crippen LogP contribution in [0.15, 0.2) is 52.5 Å². The molecule has 3 rings (SSSR count). The molecule has 0 fully saturated rings. The molecule has 0 atom stereocenters. The van der Waals surface area contributed by atoms with Crippen LogP contribution in [0.2, 0.25) is 0 Å². The van der Waals surface area contributed by atoms with Crippen molar-refractivity contribution in [3.63, 3.8) is 0 Å². The average molecular weight is 344 g/mol. The van der Waals surface area contributed by atoms with Gasteiger partial charge >= 0.3 is 0 Å². The highest BCUT2D eigenvalue weighted by Crippen LogP contribution is 2.25. The van der Waals surface area contributed by atoms with Gasteiger partial charge in [-0.25, -0.2) is 13.4 Å². The minimum Gasteiger partial charge on any atom is -0.462 e. The van der Waals surface area contributed by atoms with E-state index in [4.69, 9.17) is 9.68 Å². The lowest BCUT2D eigenvalue weighted by Crippen LogP contribution is -2.09. The standard InChI is InChI=1S/C16H12N2O3S2/c17-8-12-4-1-2-5-13(12)10-23(19,20)11-14-9-22-16(18-14)15-6-3-7-21-15/h1-7,9H,10-11H2. The first-order valence-electron chi connectivity index (χ1n) is 6.74. The summed E-state index contributed by atoms with van der Waals surface area (Å²) in [5.74, 6) is 0.280. The summed E-state index contributed by atoms with van der Waals surface area (Å²) in [6.45, 7) is 0. The molecule has 0 amide bonds. The Morgan fingerprint density at radius 1 is 1.17 bits per heavy atom. The molecule has 0 aliphatic carbocycles. The molecule has 0 saturated heterocycles. The average Bonchev–Trinajstić information content (AvgIpc) is 3.18. The van der Waals surface area contributed by atoms with Crippen LogP contribution >= 0.6 is 11.3 Å². The summed E-state index contributed by atoms with van der Waals surface area (Å²) in [6, 6.07) is 12.3. The number of hydrogen-bond donors (Lipinski definition) is 0. The Labute approximate surface area is 137 Å². The lowest BCUT2D eigenvalue weighted by Gasteiger charge is -2.04. The fraction of sp³-hybridized carbons (Fsp3) is 0.125. The van der Waals surface area contributed by atoms with Gasteiger partial charge in [0.15, 0.2) is 20.6 Å². The summed E-state index contributed by atoms with van der Waals surface area (Å²) in [5, 5.41) is 11.4. The van der Waals surface area contributed by atoms with Crippen molar-refractivity contribution < 1.29 is 12.8 Å². The van der Waals surface area contributed by atoms with Crippen LogP contribution in [0.4, 0.5) is 0 Å². The van der Waals surface area contributed by atoms with E-state index in [2.05, 4.69) is 4.98 Å². The third-order valence-electron chi connectivity index (χ3n) is 3.16. The molecule has 1 aromatic carbocycles. The zero-order chi connectivity index (χ0) is 16.3. The Morgan fingerprint density at radius 2 is 2.00 bits per heavy atom. The van der Waals surface area contributed by atoms with Crippen molar-refractivity contribution in [1.82, 2.24) is 4.98 Å². The molecular formula is C16H12N2O3S2. The molecule has 2 aromatic heterocycles. The lowest BCUT2D eigenvalue weighted by atomic mass is 10.1. The Kier molecular flexibility index (Phi) is 4.28. The van der Waals surface area contributed by atoms with Crippen LogP contribution in [-0.2, 0) is 21.3 Å². The van der Waals surface area contributed by atoms with Gasteiger partial charge in [0.05, 0.1) is 35.1 Å². The largest absolute Gasteiger partial charge is 0.462 e. The predicted molar refractivity (Wildman–Crippen MR) is 87.3 cm³/mol. The number of nitrogens with zero attached hydrogens (tertiary/aromatic N) is 2. The number of rotatable bonds is 5. The molecule has 7 heteroatoms. The zero-order valence-electron chi connectivity index (χ0n) is 12.0. The monoisotopic (exact) mass is 344 g/mol. The first-order chi connectivity index (χ1) is 11.1. The molecular weight excluding hydrogens is 332 g/mol. The number of nitriles is 1. The van der Waals surface area contributed by atoms with E-state index in [0.717, 1.165) is 0 Å². The normalized spacial score (nSPS) is 11.3. The number of thiazole rings is 1. The van der Waals surface area contributed by atoms with Crippen LogP contribution in [0.1, 0.15) is 16.8 Å². The molecule has 0 N–H and O–H groups in total. The summed E-state index contributed by atoms with van der Waals surface area (Å²) in [5.41, 5.74) is 1.37. The first-order valence-corrected chi connectivity index (χ1v) is 9.44. The van der Waals surface area contributed by atoms with Crippen LogP contribution in [0, 0.1) is 11.3 Å². The smallest absolute Gasteiger partial charge is 0.162 e. The summed E-state index contributed by atoms with van der Waals surface area (Å²) < 4.78 is 30.0. The molecule has 0 saturated carbocycles.